The summed E-state index contributed by atoms with van der Waals surface area (Å²) in [4.78, 5) is 17.6. The van der Waals surface area contributed by atoms with Crippen LogP contribution in [0.5, 0.6) is 5.88 Å². The Bertz CT molecular complexity index is 660. The van der Waals surface area contributed by atoms with Crippen molar-refractivity contribution >= 4 is 16.5 Å². The van der Waals surface area contributed by atoms with Crippen molar-refractivity contribution in [1.82, 2.24) is 9.97 Å². The van der Waals surface area contributed by atoms with E-state index < -0.39 is 0 Å². The molecule has 0 bridgehead atoms. The highest BCUT2D eigenvalue weighted by Gasteiger charge is 2.20. The maximum atomic E-state index is 10.8. The minimum absolute atomic E-state index is 0.0410. The first-order valence-corrected chi connectivity index (χ1v) is 4.73. The first-order chi connectivity index (χ1) is 7.81. The first kappa shape index (κ1) is 8.84. The van der Waals surface area contributed by atoms with E-state index in [4.69, 9.17) is 0 Å². The van der Waals surface area contributed by atoms with Gasteiger partial charge in [-0.3, -0.25) is 0 Å². The molecule has 2 N–H and O–H groups in total. The smallest absolute Gasteiger partial charge is 0.207 e. The van der Waals surface area contributed by atoms with Crippen LogP contribution in [-0.4, -0.2) is 15.1 Å². The zero-order chi connectivity index (χ0) is 11.1. The Kier molecular flexibility index (Phi) is 1.67. The largest absolute Gasteiger partial charge is 0.493 e. The molecule has 16 heavy (non-hydrogen) atoms. The maximum absolute atomic E-state index is 10.8. The van der Waals surface area contributed by atoms with Crippen molar-refractivity contribution in [2.45, 2.75) is 0 Å². The molecule has 0 saturated carbocycles. The van der Waals surface area contributed by atoms with Crippen molar-refractivity contribution < 1.29 is 5.11 Å². The fourth-order valence-electron chi connectivity index (χ4n) is 1.91. The van der Waals surface area contributed by atoms with E-state index in [1.54, 1.807) is 6.07 Å². The van der Waals surface area contributed by atoms with Crippen LogP contribution in [-0.2, 0) is 0 Å². The number of rotatable bonds is 1. The van der Waals surface area contributed by atoms with Gasteiger partial charge in [0.25, 0.3) is 0 Å². The van der Waals surface area contributed by atoms with Crippen molar-refractivity contribution in [1.29, 1.82) is 0 Å². The number of hydrogen-bond acceptors (Lipinski definition) is 4. The van der Waals surface area contributed by atoms with Crippen LogP contribution < -0.4 is 0 Å². The average molecular weight is 213 g/mol. The lowest BCUT2D eigenvalue weighted by Crippen LogP contribution is -1.85. The number of nitrogens with one attached hydrogen (secondary N) is 1. The molecule has 78 valence electrons. The van der Waals surface area contributed by atoms with Crippen LogP contribution in [0.4, 0.5) is 5.69 Å². The minimum Gasteiger partial charge on any atom is -0.493 e. The second-order valence-corrected chi connectivity index (χ2v) is 3.48. The molecule has 5 heteroatoms. The van der Waals surface area contributed by atoms with Gasteiger partial charge in [-0.25, -0.2) is 4.98 Å². The summed E-state index contributed by atoms with van der Waals surface area (Å²) in [5.74, 6) is -0.0410. The van der Waals surface area contributed by atoms with Crippen LogP contribution in [0.15, 0.2) is 35.6 Å². The summed E-state index contributed by atoms with van der Waals surface area (Å²) in [5.41, 5.74) is 1.42. The monoisotopic (exact) mass is 213 g/mol. The molecule has 1 aromatic carbocycles. The van der Waals surface area contributed by atoms with E-state index in [-0.39, 0.29) is 5.88 Å². The Morgan fingerprint density at radius 2 is 2.00 bits per heavy atom. The van der Waals surface area contributed by atoms with Crippen molar-refractivity contribution in [3.8, 4) is 17.3 Å². The molecule has 0 atom stereocenters. The zero-order valence-electron chi connectivity index (χ0n) is 8.14. The summed E-state index contributed by atoms with van der Waals surface area (Å²) in [6.45, 7) is 0. The topological polar surface area (TPSA) is 78.3 Å². The summed E-state index contributed by atoms with van der Waals surface area (Å²) >= 11 is 0. The third-order valence-corrected chi connectivity index (χ3v) is 2.57. The van der Waals surface area contributed by atoms with E-state index in [9.17, 15) is 10.0 Å². The summed E-state index contributed by atoms with van der Waals surface area (Å²) in [6, 6.07) is 7.34. The van der Waals surface area contributed by atoms with Gasteiger partial charge in [-0.05, 0) is 5.18 Å². The van der Waals surface area contributed by atoms with Crippen molar-refractivity contribution in [2.75, 3.05) is 0 Å². The van der Waals surface area contributed by atoms with Crippen molar-refractivity contribution in [2.24, 2.45) is 5.18 Å². The molecule has 0 radical (unpaired) electrons. The average Bonchev–Trinajstić information content (AvgIpc) is 2.62. The van der Waals surface area contributed by atoms with Gasteiger partial charge in [0, 0.05) is 10.8 Å². The number of benzene rings is 1. The molecular formula is C11H7N3O2. The highest BCUT2D eigenvalue weighted by Crippen LogP contribution is 2.42. The first-order valence-electron chi connectivity index (χ1n) is 4.73. The maximum Gasteiger partial charge on any atom is 0.207 e. The number of aromatic nitrogens is 2. The van der Waals surface area contributed by atoms with Gasteiger partial charge in [-0.2, -0.15) is 0 Å². The molecular weight excluding hydrogens is 206 g/mol. The highest BCUT2D eigenvalue weighted by atomic mass is 16.3. The molecule has 0 unspecified atom stereocenters. The summed E-state index contributed by atoms with van der Waals surface area (Å²) in [7, 11) is 0. The van der Waals surface area contributed by atoms with Crippen LogP contribution in [0.3, 0.4) is 0 Å². The van der Waals surface area contributed by atoms with E-state index >= 15 is 0 Å². The van der Waals surface area contributed by atoms with Gasteiger partial charge < -0.3 is 10.1 Å². The SMILES string of the molecule is O=Nc1c2ncc(O)[nH]c-2c2ccccc12. The summed E-state index contributed by atoms with van der Waals surface area (Å²) in [6.07, 6.45) is 1.26. The molecule has 1 heterocycles. The number of nitroso groups, excluding NO2 is 1. The molecule has 1 aliphatic carbocycles. The minimum atomic E-state index is -0.0410. The third kappa shape index (κ3) is 1.02. The zero-order valence-corrected chi connectivity index (χ0v) is 8.14. The number of fused-ring (bicyclic) bond motifs is 3. The number of aromatic hydroxyl groups is 1. The van der Waals surface area contributed by atoms with Gasteiger partial charge in [0.05, 0.1) is 11.9 Å². The molecule has 0 fully saturated rings. The predicted molar refractivity (Wildman–Crippen MR) is 59.8 cm³/mol. The molecule has 1 aromatic rings. The van der Waals surface area contributed by atoms with E-state index in [0.717, 1.165) is 10.8 Å². The lowest BCUT2D eigenvalue weighted by atomic mass is 10.2. The highest BCUT2D eigenvalue weighted by molar-refractivity contribution is 6.09. The molecule has 3 rings (SSSR count). The second kappa shape index (κ2) is 3.03. The van der Waals surface area contributed by atoms with Crippen molar-refractivity contribution in [3.05, 3.63) is 35.4 Å². The lowest BCUT2D eigenvalue weighted by molar-refractivity contribution is 0.451. The summed E-state index contributed by atoms with van der Waals surface area (Å²) in [5, 5.41) is 13.9. The van der Waals surface area contributed by atoms with Gasteiger partial charge in [-0.1, -0.05) is 24.3 Å². The van der Waals surface area contributed by atoms with Crippen LogP contribution in [0.2, 0.25) is 0 Å². The lowest BCUT2D eigenvalue weighted by Gasteiger charge is -1.99. The van der Waals surface area contributed by atoms with Gasteiger partial charge >= 0.3 is 0 Å². The fourth-order valence-corrected chi connectivity index (χ4v) is 1.91. The standard InChI is InChI=1S/C11H7N3O2/c15-8-5-12-11-9(13-8)6-3-1-2-4-7(6)10(11)14-16/h1-5,13,15H. The quantitative estimate of drug-likeness (QED) is 0.610. The molecule has 1 aliphatic heterocycles. The Morgan fingerprint density at radius 1 is 1.25 bits per heavy atom. The number of nitrogens with zero attached hydrogens (tertiary/aromatic N) is 2. The van der Waals surface area contributed by atoms with E-state index in [1.807, 2.05) is 18.2 Å². The molecule has 0 amide bonds. The van der Waals surface area contributed by atoms with Crippen LogP contribution in [0.25, 0.3) is 22.2 Å². The molecule has 2 aliphatic rings. The molecule has 0 aromatic heterocycles. The molecule has 0 saturated heterocycles. The van der Waals surface area contributed by atoms with Gasteiger partial charge in [-0.15, -0.1) is 4.91 Å². The number of H-pyrrole nitrogens is 1. The fraction of sp³-hybridized carbons (Fsp3) is 0. The molecule has 0 spiro atoms. The van der Waals surface area contributed by atoms with Crippen molar-refractivity contribution in [3.63, 3.8) is 0 Å². The Labute approximate surface area is 90.1 Å². The van der Waals surface area contributed by atoms with Gasteiger partial charge in [0.2, 0.25) is 5.88 Å². The summed E-state index contributed by atoms with van der Waals surface area (Å²) < 4.78 is 0. The number of hydrogen-bond donors (Lipinski definition) is 2. The second-order valence-electron chi connectivity index (χ2n) is 3.48. The van der Waals surface area contributed by atoms with Crippen LogP contribution >= 0.6 is 0 Å². The third-order valence-electron chi connectivity index (χ3n) is 2.57. The van der Waals surface area contributed by atoms with E-state index in [1.165, 1.54) is 6.20 Å². The van der Waals surface area contributed by atoms with Crippen LogP contribution in [0.1, 0.15) is 0 Å². The molecule has 5 nitrogen and oxygen atoms in total. The van der Waals surface area contributed by atoms with E-state index in [0.29, 0.717) is 17.1 Å². The Balaban J connectivity index is 2.57. The Morgan fingerprint density at radius 3 is 2.75 bits per heavy atom. The van der Waals surface area contributed by atoms with Gasteiger partial charge in [0.15, 0.2) is 0 Å². The number of aromatic amines is 1. The van der Waals surface area contributed by atoms with Crippen LogP contribution in [0, 0.1) is 4.91 Å². The normalized spacial score (nSPS) is 11.0. The Hall–Kier alpha value is -2.43. The van der Waals surface area contributed by atoms with Gasteiger partial charge in [0.1, 0.15) is 11.4 Å². The predicted octanol–water partition coefficient (Wildman–Crippen LogP) is 2.77. The van der Waals surface area contributed by atoms with E-state index in [2.05, 4.69) is 15.1 Å².